The molecular formula is C18H18N2O3S. The van der Waals surface area contributed by atoms with Crippen LogP contribution in [0.15, 0.2) is 29.6 Å². The Labute approximate surface area is 144 Å². The fourth-order valence-corrected chi connectivity index (χ4v) is 3.07. The molecule has 0 atom stereocenters. The van der Waals surface area contributed by atoms with E-state index in [0.29, 0.717) is 11.6 Å². The number of carbonyl (C=O) groups excluding carboxylic acids is 1. The van der Waals surface area contributed by atoms with E-state index in [1.165, 1.54) is 18.5 Å². The van der Waals surface area contributed by atoms with E-state index in [1.807, 2.05) is 30.4 Å². The van der Waals surface area contributed by atoms with Crippen molar-refractivity contribution in [2.75, 3.05) is 5.32 Å². The number of anilines is 1. The summed E-state index contributed by atoms with van der Waals surface area (Å²) in [7, 11) is 0. The second-order valence-electron chi connectivity index (χ2n) is 5.79. The largest absolute Gasteiger partial charge is 0.481 e. The van der Waals surface area contributed by atoms with Gasteiger partial charge in [0.25, 0.3) is 0 Å². The van der Waals surface area contributed by atoms with Gasteiger partial charge in [-0.2, -0.15) is 0 Å². The standard InChI is InChI=1S/C18H18N2O3S/c21-16(7-9-18(22)23)19-14-3-1-2-12(10-14)4-8-17-20-15(11-24-17)13-5-6-13/h1-4,8,10-11,13H,5-7,9H2,(H,19,21)(H,22,23)/b8-4+. The molecule has 1 amide bonds. The van der Waals surface area contributed by atoms with Gasteiger partial charge in [0, 0.05) is 23.4 Å². The SMILES string of the molecule is O=C(O)CCC(=O)Nc1cccc(/C=C/c2nc(C3CC3)cs2)c1. The van der Waals surface area contributed by atoms with Gasteiger partial charge in [0.1, 0.15) is 5.01 Å². The third-order valence-corrected chi connectivity index (χ3v) is 4.52. The Kier molecular flexibility index (Phi) is 5.05. The van der Waals surface area contributed by atoms with E-state index < -0.39 is 5.97 Å². The van der Waals surface area contributed by atoms with Crippen molar-refractivity contribution >= 4 is 41.1 Å². The molecule has 2 N–H and O–H groups in total. The lowest BCUT2D eigenvalue weighted by Crippen LogP contribution is -2.13. The van der Waals surface area contributed by atoms with Gasteiger partial charge >= 0.3 is 5.97 Å². The minimum absolute atomic E-state index is 0.0293. The average molecular weight is 342 g/mol. The highest BCUT2D eigenvalue weighted by atomic mass is 32.1. The van der Waals surface area contributed by atoms with Gasteiger partial charge in [-0.3, -0.25) is 9.59 Å². The predicted octanol–water partition coefficient (Wildman–Crippen LogP) is 3.99. The number of rotatable bonds is 7. The van der Waals surface area contributed by atoms with Crippen molar-refractivity contribution in [3.8, 4) is 0 Å². The molecule has 1 aliphatic rings. The maximum Gasteiger partial charge on any atom is 0.303 e. The van der Waals surface area contributed by atoms with Crippen molar-refractivity contribution in [3.63, 3.8) is 0 Å². The smallest absolute Gasteiger partial charge is 0.303 e. The van der Waals surface area contributed by atoms with E-state index in [1.54, 1.807) is 17.4 Å². The molecule has 3 rings (SSSR count). The van der Waals surface area contributed by atoms with Crippen LogP contribution in [0.1, 0.15) is 47.9 Å². The first-order valence-corrected chi connectivity index (χ1v) is 8.73. The molecule has 1 heterocycles. The van der Waals surface area contributed by atoms with Crippen LogP contribution in [0.25, 0.3) is 12.2 Å². The molecule has 24 heavy (non-hydrogen) atoms. The Morgan fingerprint density at radius 3 is 2.88 bits per heavy atom. The molecule has 1 aromatic carbocycles. The molecule has 0 aliphatic heterocycles. The predicted molar refractivity (Wildman–Crippen MR) is 95.0 cm³/mol. The van der Waals surface area contributed by atoms with Crippen LogP contribution in [0.5, 0.6) is 0 Å². The summed E-state index contributed by atoms with van der Waals surface area (Å²) in [6, 6.07) is 7.43. The number of nitrogens with zero attached hydrogens (tertiary/aromatic N) is 1. The third kappa shape index (κ3) is 4.76. The van der Waals surface area contributed by atoms with Crippen molar-refractivity contribution in [2.45, 2.75) is 31.6 Å². The molecule has 2 aromatic rings. The number of aliphatic carboxylic acids is 1. The summed E-state index contributed by atoms with van der Waals surface area (Å²) >= 11 is 1.64. The molecule has 0 saturated heterocycles. The maximum absolute atomic E-state index is 11.7. The number of hydrogen-bond donors (Lipinski definition) is 2. The van der Waals surface area contributed by atoms with Crippen LogP contribution in [-0.4, -0.2) is 22.0 Å². The van der Waals surface area contributed by atoms with Crippen molar-refractivity contribution in [1.82, 2.24) is 4.98 Å². The van der Waals surface area contributed by atoms with Gasteiger partial charge in [0.15, 0.2) is 0 Å². The molecule has 1 fully saturated rings. The molecule has 1 aliphatic carbocycles. The van der Waals surface area contributed by atoms with Gasteiger partial charge in [-0.05, 0) is 36.6 Å². The number of aromatic nitrogens is 1. The van der Waals surface area contributed by atoms with Crippen molar-refractivity contribution in [1.29, 1.82) is 0 Å². The number of hydrogen-bond acceptors (Lipinski definition) is 4. The number of carboxylic acid groups (broad SMARTS) is 1. The summed E-state index contributed by atoms with van der Waals surface area (Å²) in [5.41, 5.74) is 2.80. The monoisotopic (exact) mass is 342 g/mol. The zero-order valence-corrected chi connectivity index (χ0v) is 13.9. The molecule has 5 nitrogen and oxygen atoms in total. The zero-order chi connectivity index (χ0) is 16.9. The minimum Gasteiger partial charge on any atom is -0.481 e. The summed E-state index contributed by atoms with van der Waals surface area (Å²) in [6.45, 7) is 0. The van der Waals surface area contributed by atoms with E-state index >= 15 is 0 Å². The van der Waals surface area contributed by atoms with Crippen LogP contribution in [0, 0.1) is 0 Å². The number of nitrogens with one attached hydrogen (secondary N) is 1. The fraction of sp³-hybridized carbons (Fsp3) is 0.278. The highest BCUT2D eigenvalue weighted by Crippen LogP contribution is 2.40. The number of benzene rings is 1. The van der Waals surface area contributed by atoms with Crippen LogP contribution in [0.2, 0.25) is 0 Å². The Morgan fingerprint density at radius 2 is 2.12 bits per heavy atom. The molecule has 6 heteroatoms. The Hall–Kier alpha value is -2.47. The summed E-state index contributed by atoms with van der Waals surface area (Å²) < 4.78 is 0. The Balaban J connectivity index is 1.60. The van der Waals surface area contributed by atoms with Crippen LogP contribution in [0.3, 0.4) is 0 Å². The highest BCUT2D eigenvalue weighted by molar-refractivity contribution is 7.10. The lowest BCUT2D eigenvalue weighted by molar-refractivity contribution is -0.138. The first-order valence-electron chi connectivity index (χ1n) is 7.85. The second-order valence-corrected chi connectivity index (χ2v) is 6.68. The normalized spacial score (nSPS) is 14.0. The molecule has 1 saturated carbocycles. The molecule has 1 aromatic heterocycles. The first kappa shape index (κ1) is 16.4. The third-order valence-electron chi connectivity index (χ3n) is 3.69. The van der Waals surface area contributed by atoms with Crippen LogP contribution >= 0.6 is 11.3 Å². The van der Waals surface area contributed by atoms with Crippen LogP contribution in [-0.2, 0) is 9.59 Å². The number of thiazole rings is 1. The average Bonchev–Trinajstić information content (AvgIpc) is 3.30. The molecule has 0 bridgehead atoms. The minimum atomic E-state index is -0.976. The lowest BCUT2D eigenvalue weighted by atomic mass is 10.2. The Bertz CT molecular complexity index is 778. The summed E-state index contributed by atoms with van der Waals surface area (Å²) in [6.07, 6.45) is 6.23. The zero-order valence-electron chi connectivity index (χ0n) is 13.1. The van der Waals surface area contributed by atoms with Gasteiger partial charge in [-0.1, -0.05) is 18.2 Å². The van der Waals surface area contributed by atoms with Crippen LogP contribution < -0.4 is 5.32 Å². The molecule has 124 valence electrons. The number of amides is 1. The van der Waals surface area contributed by atoms with Crippen molar-refractivity contribution < 1.29 is 14.7 Å². The summed E-state index contributed by atoms with van der Waals surface area (Å²) in [5, 5.41) is 14.4. The number of carbonyl (C=O) groups is 2. The van der Waals surface area contributed by atoms with Gasteiger partial charge in [-0.15, -0.1) is 11.3 Å². The fourth-order valence-electron chi connectivity index (χ4n) is 2.28. The summed E-state index contributed by atoms with van der Waals surface area (Å²) in [5.74, 6) is -0.615. The van der Waals surface area contributed by atoms with E-state index in [4.69, 9.17) is 5.11 Å². The van der Waals surface area contributed by atoms with Crippen molar-refractivity contribution in [2.24, 2.45) is 0 Å². The van der Waals surface area contributed by atoms with Crippen LogP contribution in [0.4, 0.5) is 5.69 Å². The molecule has 0 radical (unpaired) electrons. The topological polar surface area (TPSA) is 79.3 Å². The van der Waals surface area contributed by atoms with Gasteiger partial charge < -0.3 is 10.4 Å². The van der Waals surface area contributed by atoms with E-state index in [0.717, 1.165) is 10.6 Å². The number of carboxylic acids is 1. The van der Waals surface area contributed by atoms with Crippen molar-refractivity contribution in [3.05, 3.63) is 45.9 Å². The molecule has 0 unspecified atom stereocenters. The maximum atomic E-state index is 11.7. The Morgan fingerprint density at radius 1 is 1.29 bits per heavy atom. The van der Waals surface area contributed by atoms with E-state index in [2.05, 4.69) is 15.7 Å². The van der Waals surface area contributed by atoms with Gasteiger partial charge in [0.2, 0.25) is 5.91 Å². The molecular weight excluding hydrogens is 324 g/mol. The van der Waals surface area contributed by atoms with Gasteiger partial charge in [-0.25, -0.2) is 4.98 Å². The first-order chi connectivity index (χ1) is 11.6. The quantitative estimate of drug-likeness (QED) is 0.797. The second kappa shape index (κ2) is 7.40. The lowest BCUT2D eigenvalue weighted by Gasteiger charge is -2.05. The van der Waals surface area contributed by atoms with E-state index in [-0.39, 0.29) is 18.7 Å². The van der Waals surface area contributed by atoms with Gasteiger partial charge in [0.05, 0.1) is 12.1 Å². The van der Waals surface area contributed by atoms with E-state index in [9.17, 15) is 9.59 Å². The molecule has 0 spiro atoms. The summed E-state index contributed by atoms with van der Waals surface area (Å²) in [4.78, 5) is 26.8. The highest BCUT2D eigenvalue weighted by Gasteiger charge is 2.25.